The molecule has 1 amide bonds. The van der Waals surface area contributed by atoms with Gasteiger partial charge in [0.05, 0.1) is 31.0 Å². The Kier molecular flexibility index (Phi) is 8.20. The maximum absolute atomic E-state index is 13.5. The number of carbonyl (C=O) groups is 3. The standard InChI is InChI=1S/C30H32N2O6S/c1-7-14-38-22-13-12-21(15-17(22)4)25(33)23-24(20-10-8-19(9-11-20)16(2)3)32(28(35)26(23)34)30-31-18(5)27(39-30)29(36)37-6/h8-13,15-16,24,33H,7,14H2,1-6H3/t24-/m1/s1. The van der Waals surface area contributed by atoms with Gasteiger partial charge in [0.2, 0.25) is 0 Å². The molecule has 4 rings (SSSR count). The SMILES string of the molecule is CCCOc1ccc(C(O)=C2C(=O)C(=O)N(c3nc(C)c(C(=O)OC)s3)[C@@H]2c2ccc(C(C)C)cc2)cc1C. The highest BCUT2D eigenvalue weighted by molar-refractivity contribution is 7.17. The second-order valence-electron chi connectivity index (χ2n) is 9.72. The molecule has 0 saturated carbocycles. The Morgan fingerprint density at radius 1 is 1.13 bits per heavy atom. The predicted molar refractivity (Wildman–Crippen MR) is 150 cm³/mol. The zero-order valence-electron chi connectivity index (χ0n) is 22.9. The van der Waals surface area contributed by atoms with Gasteiger partial charge in [-0.25, -0.2) is 9.78 Å². The predicted octanol–water partition coefficient (Wildman–Crippen LogP) is 6.09. The lowest BCUT2D eigenvalue weighted by Gasteiger charge is -2.23. The summed E-state index contributed by atoms with van der Waals surface area (Å²) in [5, 5.41) is 11.6. The van der Waals surface area contributed by atoms with Crippen LogP contribution in [0.15, 0.2) is 48.0 Å². The number of nitrogens with zero attached hydrogens (tertiary/aromatic N) is 2. The lowest BCUT2D eigenvalue weighted by Crippen LogP contribution is -2.29. The van der Waals surface area contributed by atoms with Crippen molar-refractivity contribution in [2.45, 2.75) is 53.0 Å². The molecule has 0 spiro atoms. The van der Waals surface area contributed by atoms with Gasteiger partial charge in [0.1, 0.15) is 16.4 Å². The highest BCUT2D eigenvalue weighted by atomic mass is 32.1. The van der Waals surface area contributed by atoms with E-state index in [2.05, 4.69) is 18.8 Å². The number of aliphatic hydroxyl groups is 1. The topological polar surface area (TPSA) is 106 Å². The molecule has 2 heterocycles. The number of carbonyl (C=O) groups excluding carboxylic acids is 3. The van der Waals surface area contributed by atoms with Crippen molar-refractivity contribution in [3.05, 3.63) is 80.9 Å². The molecule has 1 aliphatic heterocycles. The van der Waals surface area contributed by atoms with Gasteiger partial charge in [-0.1, -0.05) is 56.4 Å². The lowest BCUT2D eigenvalue weighted by atomic mass is 9.93. The second-order valence-corrected chi connectivity index (χ2v) is 10.7. The fraction of sp³-hybridized carbons (Fsp3) is 0.333. The van der Waals surface area contributed by atoms with Crippen LogP contribution in [0.3, 0.4) is 0 Å². The van der Waals surface area contributed by atoms with Crippen molar-refractivity contribution < 1.29 is 29.0 Å². The quantitative estimate of drug-likeness (QED) is 0.157. The molecular weight excluding hydrogens is 516 g/mol. The first-order valence-electron chi connectivity index (χ1n) is 12.8. The molecule has 1 fully saturated rings. The fourth-order valence-electron chi connectivity index (χ4n) is 4.50. The van der Waals surface area contributed by atoms with Gasteiger partial charge in [-0.2, -0.15) is 0 Å². The highest BCUT2D eigenvalue weighted by Gasteiger charge is 2.48. The first-order valence-corrected chi connectivity index (χ1v) is 13.6. The molecule has 0 aliphatic carbocycles. The van der Waals surface area contributed by atoms with Crippen LogP contribution in [0.25, 0.3) is 5.76 Å². The maximum Gasteiger partial charge on any atom is 0.350 e. The number of aromatic nitrogens is 1. The molecular formula is C30H32N2O6S. The van der Waals surface area contributed by atoms with E-state index in [0.29, 0.717) is 29.2 Å². The monoisotopic (exact) mass is 548 g/mol. The molecule has 2 aromatic carbocycles. The summed E-state index contributed by atoms with van der Waals surface area (Å²) >= 11 is 0.970. The van der Waals surface area contributed by atoms with Crippen LogP contribution in [0, 0.1) is 13.8 Å². The number of anilines is 1. The van der Waals surface area contributed by atoms with Crippen molar-refractivity contribution >= 4 is 39.9 Å². The van der Waals surface area contributed by atoms with Crippen LogP contribution < -0.4 is 9.64 Å². The summed E-state index contributed by atoms with van der Waals surface area (Å²) in [6, 6.07) is 11.8. The van der Waals surface area contributed by atoms with Gasteiger partial charge in [0.25, 0.3) is 5.78 Å². The summed E-state index contributed by atoms with van der Waals surface area (Å²) < 4.78 is 10.6. The average molecular weight is 549 g/mol. The van der Waals surface area contributed by atoms with E-state index in [1.54, 1.807) is 25.1 Å². The van der Waals surface area contributed by atoms with Crippen molar-refractivity contribution in [1.29, 1.82) is 0 Å². The fourth-order valence-corrected chi connectivity index (χ4v) is 5.51. The van der Waals surface area contributed by atoms with Gasteiger partial charge in [-0.15, -0.1) is 0 Å². The van der Waals surface area contributed by atoms with Crippen LogP contribution >= 0.6 is 11.3 Å². The van der Waals surface area contributed by atoms with E-state index in [1.165, 1.54) is 12.0 Å². The molecule has 9 heteroatoms. The molecule has 0 radical (unpaired) electrons. The molecule has 1 N–H and O–H groups in total. The number of aryl methyl sites for hydroxylation is 2. The number of aliphatic hydroxyl groups excluding tert-OH is 1. The minimum absolute atomic E-state index is 0.0496. The Bertz CT molecular complexity index is 1450. The van der Waals surface area contributed by atoms with Crippen molar-refractivity contribution in [3.8, 4) is 5.75 Å². The number of thiazole rings is 1. The number of methoxy groups -OCH3 is 1. The number of ketones is 1. The third-order valence-electron chi connectivity index (χ3n) is 6.64. The lowest BCUT2D eigenvalue weighted by molar-refractivity contribution is -0.132. The molecule has 1 saturated heterocycles. The summed E-state index contributed by atoms with van der Waals surface area (Å²) in [6.45, 7) is 10.2. The Morgan fingerprint density at radius 2 is 1.82 bits per heavy atom. The van der Waals surface area contributed by atoms with Crippen LogP contribution in [0.1, 0.15) is 76.8 Å². The van der Waals surface area contributed by atoms with Gasteiger partial charge in [0.15, 0.2) is 5.13 Å². The normalized spacial score (nSPS) is 16.7. The third-order valence-corrected chi connectivity index (χ3v) is 7.77. The van der Waals surface area contributed by atoms with E-state index < -0.39 is 23.7 Å². The minimum atomic E-state index is -0.946. The molecule has 1 aromatic heterocycles. The number of hydrogen-bond acceptors (Lipinski definition) is 8. The Balaban J connectivity index is 1.89. The van der Waals surface area contributed by atoms with Crippen LogP contribution in [-0.2, 0) is 14.3 Å². The zero-order valence-corrected chi connectivity index (χ0v) is 23.7. The van der Waals surface area contributed by atoms with E-state index in [-0.39, 0.29) is 27.3 Å². The van der Waals surface area contributed by atoms with Crippen LogP contribution in [0.5, 0.6) is 5.75 Å². The van der Waals surface area contributed by atoms with Gasteiger partial charge in [-0.05, 0) is 61.1 Å². The minimum Gasteiger partial charge on any atom is -0.507 e. The zero-order chi connectivity index (χ0) is 28.4. The van der Waals surface area contributed by atoms with Gasteiger partial charge >= 0.3 is 11.9 Å². The Labute approximate surface area is 231 Å². The summed E-state index contributed by atoms with van der Waals surface area (Å²) in [6.07, 6.45) is 0.855. The summed E-state index contributed by atoms with van der Waals surface area (Å²) in [4.78, 5) is 45.2. The van der Waals surface area contributed by atoms with Crippen molar-refractivity contribution in [2.24, 2.45) is 0 Å². The van der Waals surface area contributed by atoms with Crippen LogP contribution in [-0.4, -0.2) is 41.5 Å². The van der Waals surface area contributed by atoms with Gasteiger partial charge in [-0.3, -0.25) is 14.5 Å². The smallest absolute Gasteiger partial charge is 0.350 e. The van der Waals surface area contributed by atoms with Crippen LogP contribution in [0.2, 0.25) is 0 Å². The van der Waals surface area contributed by atoms with Crippen molar-refractivity contribution in [3.63, 3.8) is 0 Å². The number of amides is 1. The second kappa shape index (κ2) is 11.4. The number of esters is 1. The van der Waals surface area contributed by atoms with E-state index >= 15 is 0 Å². The molecule has 8 nitrogen and oxygen atoms in total. The molecule has 204 valence electrons. The third kappa shape index (κ3) is 5.31. The average Bonchev–Trinajstić information content (AvgIpc) is 3.43. The molecule has 0 unspecified atom stereocenters. The number of ether oxygens (including phenoxy) is 2. The number of benzene rings is 2. The Morgan fingerprint density at radius 3 is 2.41 bits per heavy atom. The van der Waals surface area contributed by atoms with Gasteiger partial charge in [0, 0.05) is 5.56 Å². The van der Waals surface area contributed by atoms with E-state index in [1.807, 2.05) is 38.1 Å². The maximum atomic E-state index is 13.5. The van der Waals surface area contributed by atoms with Gasteiger partial charge < -0.3 is 14.6 Å². The summed E-state index contributed by atoms with van der Waals surface area (Å²) in [5.74, 6) is -1.57. The van der Waals surface area contributed by atoms with Crippen molar-refractivity contribution in [2.75, 3.05) is 18.6 Å². The molecule has 39 heavy (non-hydrogen) atoms. The van der Waals surface area contributed by atoms with E-state index in [4.69, 9.17) is 9.47 Å². The van der Waals surface area contributed by atoms with E-state index in [0.717, 1.165) is 28.9 Å². The number of Topliss-reactive ketones (excluding diaryl/α,β-unsaturated/α-hetero) is 1. The molecule has 1 aliphatic rings. The number of rotatable bonds is 8. The van der Waals surface area contributed by atoms with Crippen molar-refractivity contribution in [1.82, 2.24) is 4.98 Å². The molecule has 0 bridgehead atoms. The van der Waals surface area contributed by atoms with E-state index in [9.17, 15) is 19.5 Å². The first-order chi connectivity index (χ1) is 18.6. The summed E-state index contributed by atoms with van der Waals surface area (Å²) in [7, 11) is 1.27. The summed E-state index contributed by atoms with van der Waals surface area (Å²) in [5.41, 5.74) is 3.24. The number of hydrogen-bond donors (Lipinski definition) is 1. The molecule has 3 aromatic rings. The first kappa shape index (κ1) is 28.0. The van der Waals surface area contributed by atoms with Crippen LogP contribution in [0.4, 0.5) is 5.13 Å². The molecule has 1 atom stereocenters. The Hall–Kier alpha value is -3.98. The highest BCUT2D eigenvalue weighted by Crippen LogP contribution is 2.44. The largest absolute Gasteiger partial charge is 0.507 e.